The zero-order valence-electron chi connectivity index (χ0n) is 15.2. The summed E-state index contributed by atoms with van der Waals surface area (Å²) in [6.45, 7) is 15.1. The lowest BCUT2D eigenvalue weighted by atomic mass is 9.80. The van der Waals surface area contributed by atoms with Crippen LogP contribution in [0, 0.1) is 16.7 Å². The minimum atomic E-state index is -0.793. The molecule has 0 saturated carbocycles. The number of Topliss-reactive ketones (excluding diaryl/α,β-unsaturated/α-hetero) is 1. The Bertz CT molecular complexity index is 481. The minimum Gasteiger partial charge on any atom is -0.297 e. The van der Waals surface area contributed by atoms with Crippen molar-refractivity contribution in [2.45, 2.75) is 67.3 Å². The van der Waals surface area contributed by atoms with Crippen LogP contribution >= 0.6 is 0 Å². The van der Waals surface area contributed by atoms with Crippen LogP contribution in [0.5, 0.6) is 0 Å². The molecule has 0 spiro atoms. The predicted molar refractivity (Wildman–Crippen MR) is 86.0 cm³/mol. The fourth-order valence-corrected chi connectivity index (χ4v) is 2.82. The number of rotatable bonds is 4. The fraction of sp³-hybridized carbons (Fsp3) is 0.824. The molecule has 1 saturated heterocycles. The van der Waals surface area contributed by atoms with Gasteiger partial charge in [-0.1, -0.05) is 41.5 Å². The van der Waals surface area contributed by atoms with E-state index < -0.39 is 11.0 Å². The third-order valence-electron chi connectivity index (χ3n) is 4.22. The van der Waals surface area contributed by atoms with Gasteiger partial charge in [-0.2, -0.15) is 0 Å². The van der Waals surface area contributed by atoms with Gasteiger partial charge in [-0.3, -0.25) is 24.6 Å². The van der Waals surface area contributed by atoms with Crippen LogP contribution in [0.15, 0.2) is 0 Å². The van der Waals surface area contributed by atoms with E-state index in [9.17, 15) is 14.4 Å². The minimum absolute atomic E-state index is 0.0477. The SMILES string of the molecule is CC(C)(C)C(=O)C(C)(C)NCN1C(=O)CC(C(C)(C)C)C1=O. The van der Waals surface area contributed by atoms with E-state index in [4.69, 9.17) is 0 Å². The van der Waals surface area contributed by atoms with Gasteiger partial charge in [-0.05, 0) is 19.3 Å². The highest BCUT2D eigenvalue weighted by Crippen LogP contribution is 2.35. The van der Waals surface area contributed by atoms with Crippen LogP contribution < -0.4 is 5.32 Å². The predicted octanol–water partition coefficient (Wildman–Crippen LogP) is 2.35. The van der Waals surface area contributed by atoms with E-state index in [1.165, 1.54) is 4.90 Å². The third kappa shape index (κ3) is 3.94. The summed E-state index contributed by atoms with van der Waals surface area (Å²) >= 11 is 0. The molecule has 1 fully saturated rings. The number of hydrogen-bond donors (Lipinski definition) is 1. The van der Waals surface area contributed by atoms with Gasteiger partial charge in [-0.25, -0.2) is 0 Å². The number of nitrogens with one attached hydrogen (secondary N) is 1. The van der Waals surface area contributed by atoms with Crippen LogP contribution in [-0.4, -0.2) is 34.7 Å². The number of nitrogens with zero attached hydrogens (tertiary/aromatic N) is 1. The number of imide groups is 1. The molecular formula is C17H30N2O3. The molecule has 0 aromatic rings. The Hall–Kier alpha value is -1.23. The number of ketones is 1. The molecule has 1 rings (SSSR count). The van der Waals surface area contributed by atoms with E-state index in [1.54, 1.807) is 13.8 Å². The summed E-state index contributed by atoms with van der Waals surface area (Å²) in [4.78, 5) is 38.2. The zero-order chi connectivity index (χ0) is 17.5. The summed E-state index contributed by atoms with van der Waals surface area (Å²) in [5.41, 5.74) is -1.51. The molecule has 0 bridgehead atoms. The van der Waals surface area contributed by atoms with Gasteiger partial charge in [-0.15, -0.1) is 0 Å². The first kappa shape index (κ1) is 18.8. The van der Waals surface area contributed by atoms with Gasteiger partial charge >= 0.3 is 0 Å². The van der Waals surface area contributed by atoms with Gasteiger partial charge in [0.2, 0.25) is 11.8 Å². The molecule has 1 heterocycles. The molecule has 0 aromatic carbocycles. The van der Waals surface area contributed by atoms with E-state index >= 15 is 0 Å². The highest BCUT2D eigenvalue weighted by atomic mass is 16.2. The van der Waals surface area contributed by atoms with E-state index in [0.717, 1.165) is 0 Å². The van der Waals surface area contributed by atoms with Gasteiger partial charge in [0.15, 0.2) is 5.78 Å². The number of carbonyl (C=O) groups excluding carboxylic acids is 3. The molecule has 5 nitrogen and oxygen atoms in total. The van der Waals surface area contributed by atoms with Crippen molar-refractivity contribution in [1.29, 1.82) is 0 Å². The molecule has 0 radical (unpaired) electrons. The van der Waals surface area contributed by atoms with Crippen molar-refractivity contribution in [3.05, 3.63) is 0 Å². The highest BCUT2D eigenvalue weighted by molar-refractivity contribution is 6.04. The van der Waals surface area contributed by atoms with Gasteiger partial charge in [0.05, 0.1) is 18.1 Å². The molecule has 1 unspecified atom stereocenters. The van der Waals surface area contributed by atoms with Crippen LogP contribution in [0.3, 0.4) is 0 Å². The molecule has 5 heteroatoms. The molecule has 22 heavy (non-hydrogen) atoms. The molecule has 126 valence electrons. The topological polar surface area (TPSA) is 66.5 Å². The Balaban J connectivity index is 2.79. The number of amides is 2. The third-order valence-corrected chi connectivity index (χ3v) is 4.22. The monoisotopic (exact) mass is 310 g/mol. The van der Waals surface area contributed by atoms with Gasteiger partial charge < -0.3 is 0 Å². The largest absolute Gasteiger partial charge is 0.297 e. The van der Waals surface area contributed by atoms with Crippen LogP contribution in [0.25, 0.3) is 0 Å². The van der Waals surface area contributed by atoms with Crippen molar-refractivity contribution in [3.63, 3.8) is 0 Å². The molecular weight excluding hydrogens is 280 g/mol. The molecule has 1 N–H and O–H groups in total. The maximum absolute atomic E-state index is 12.4. The van der Waals surface area contributed by atoms with E-state index in [2.05, 4.69) is 5.32 Å². The lowest BCUT2D eigenvalue weighted by Crippen LogP contribution is -2.55. The first-order chi connectivity index (χ1) is 9.68. The van der Waals surface area contributed by atoms with Gasteiger partial charge in [0.25, 0.3) is 0 Å². The van der Waals surface area contributed by atoms with Crippen molar-refractivity contribution < 1.29 is 14.4 Å². The summed E-state index contributed by atoms with van der Waals surface area (Å²) in [6.07, 6.45) is 0.248. The maximum Gasteiger partial charge on any atom is 0.234 e. The lowest BCUT2D eigenvalue weighted by Gasteiger charge is -2.33. The second-order valence-corrected chi connectivity index (χ2v) is 8.82. The molecule has 1 aliphatic heterocycles. The van der Waals surface area contributed by atoms with Crippen molar-refractivity contribution in [2.75, 3.05) is 6.67 Å². The summed E-state index contributed by atoms with van der Waals surface area (Å²) in [6, 6.07) is 0. The molecule has 1 aliphatic rings. The smallest absolute Gasteiger partial charge is 0.234 e. The van der Waals surface area contributed by atoms with E-state index in [0.29, 0.717) is 0 Å². The van der Waals surface area contributed by atoms with Crippen LogP contribution in [-0.2, 0) is 14.4 Å². The quantitative estimate of drug-likeness (QED) is 0.809. The second-order valence-electron chi connectivity index (χ2n) is 8.82. The van der Waals surface area contributed by atoms with Crippen molar-refractivity contribution in [3.8, 4) is 0 Å². The second kappa shape index (κ2) is 5.76. The molecule has 0 aromatic heterocycles. The zero-order valence-corrected chi connectivity index (χ0v) is 15.2. The highest BCUT2D eigenvalue weighted by Gasteiger charge is 2.45. The first-order valence-corrected chi connectivity index (χ1v) is 7.82. The molecule has 0 aliphatic carbocycles. The Labute approximate surface area is 133 Å². The summed E-state index contributed by atoms with van der Waals surface area (Å²) < 4.78 is 0. The number of likely N-dealkylation sites (tertiary alicyclic amines) is 1. The average Bonchev–Trinajstić information content (AvgIpc) is 2.60. The summed E-state index contributed by atoms with van der Waals surface area (Å²) in [5, 5.41) is 3.07. The van der Waals surface area contributed by atoms with E-state index in [1.807, 2.05) is 41.5 Å². The summed E-state index contributed by atoms with van der Waals surface area (Å²) in [5.74, 6) is -0.560. The average molecular weight is 310 g/mol. The van der Waals surface area contributed by atoms with Crippen LogP contribution in [0.2, 0.25) is 0 Å². The molecule has 2 amide bonds. The Morgan fingerprint density at radius 1 is 1.09 bits per heavy atom. The standard InChI is InChI=1S/C17H30N2O3/c1-15(2,3)11-9-12(20)19(13(11)21)10-18-17(7,8)14(22)16(4,5)6/h11,18H,9-10H2,1-8H3. The number of carbonyl (C=O) groups is 3. The first-order valence-electron chi connectivity index (χ1n) is 7.82. The van der Waals surface area contributed by atoms with Gasteiger partial charge in [0.1, 0.15) is 0 Å². The Kier molecular flexibility index (Phi) is 4.93. The van der Waals surface area contributed by atoms with Crippen LogP contribution in [0.1, 0.15) is 61.8 Å². The molecule has 1 atom stereocenters. The number of hydrogen-bond acceptors (Lipinski definition) is 4. The maximum atomic E-state index is 12.4. The lowest BCUT2D eigenvalue weighted by molar-refractivity contribution is -0.142. The van der Waals surface area contributed by atoms with Crippen molar-refractivity contribution >= 4 is 17.6 Å². The summed E-state index contributed by atoms with van der Waals surface area (Å²) in [7, 11) is 0. The van der Waals surface area contributed by atoms with Gasteiger partial charge in [0, 0.05) is 11.8 Å². The fourth-order valence-electron chi connectivity index (χ4n) is 2.82. The normalized spacial score (nSPS) is 20.7. The Morgan fingerprint density at radius 3 is 1.95 bits per heavy atom. The van der Waals surface area contributed by atoms with E-state index in [-0.39, 0.29) is 42.0 Å². The van der Waals surface area contributed by atoms with Crippen LogP contribution in [0.4, 0.5) is 0 Å². The van der Waals surface area contributed by atoms with Crippen molar-refractivity contribution in [1.82, 2.24) is 10.2 Å². The van der Waals surface area contributed by atoms with Crippen molar-refractivity contribution in [2.24, 2.45) is 16.7 Å². The Morgan fingerprint density at radius 2 is 1.59 bits per heavy atom.